The van der Waals surface area contributed by atoms with Gasteiger partial charge in [0, 0.05) is 31.3 Å². The van der Waals surface area contributed by atoms with Crippen LogP contribution in [-0.4, -0.2) is 50.5 Å². The summed E-state index contributed by atoms with van der Waals surface area (Å²) in [5.41, 5.74) is 3.85. The molecular weight excluding hydrogens is 552 g/mol. The summed E-state index contributed by atoms with van der Waals surface area (Å²) >= 11 is 2.02. The highest BCUT2D eigenvalue weighted by Crippen LogP contribution is 2.36. The summed E-state index contributed by atoms with van der Waals surface area (Å²) in [6, 6.07) is 27.9. The molecule has 0 unspecified atom stereocenters. The number of carboxylic acids is 1. The molecule has 1 aliphatic heterocycles. The largest absolute Gasteiger partial charge is 0.478 e. The number of aryl methyl sites for hydroxylation is 1. The van der Waals surface area contributed by atoms with Gasteiger partial charge >= 0.3 is 5.97 Å². The highest BCUT2D eigenvalue weighted by atomic mass is 32.2. The van der Waals surface area contributed by atoms with Gasteiger partial charge in [-0.1, -0.05) is 112 Å². The van der Waals surface area contributed by atoms with Crippen molar-refractivity contribution in [3.8, 4) is 0 Å². The minimum Gasteiger partial charge on any atom is -0.478 e. The zero-order valence-corrected chi connectivity index (χ0v) is 26.5. The molecule has 1 fully saturated rings. The third-order valence-electron chi connectivity index (χ3n) is 8.30. The van der Waals surface area contributed by atoms with Crippen LogP contribution in [0.15, 0.2) is 84.9 Å². The second kappa shape index (κ2) is 17.9. The van der Waals surface area contributed by atoms with Crippen LogP contribution in [0.3, 0.4) is 0 Å². The molecule has 0 aromatic heterocycles. The summed E-state index contributed by atoms with van der Waals surface area (Å²) in [5, 5.41) is 9.94. The van der Waals surface area contributed by atoms with Crippen molar-refractivity contribution in [2.75, 3.05) is 13.1 Å². The third-order valence-corrected chi connectivity index (χ3v) is 9.85. The zero-order valence-electron chi connectivity index (χ0n) is 25.7. The molecule has 1 amide bonds. The number of rotatable bonds is 18. The van der Waals surface area contributed by atoms with Gasteiger partial charge in [-0.3, -0.25) is 9.69 Å². The predicted molar refractivity (Wildman–Crippen MR) is 178 cm³/mol. The SMILES string of the molecule is CCCCCCC[C@@H]1S[C@@H](CC(=O)N(Cc2ccccc2)Cc2ccccc2)CN1CCCCc1ccc(C(=O)O)cc1. The Morgan fingerprint density at radius 1 is 0.791 bits per heavy atom. The minimum atomic E-state index is -0.880. The van der Waals surface area contributed by atoms with Crippen LogP contribution in [0.2, 0.25) is 0 Å². The number of aromatic carboxylic acids is 1. The first-order valence-electron chi connectivity index (χ1n) is 16.1. The predicted octanol–water partition coefficient (Wildman–Crippen LogP) is 8.43. The van der Waals surface area contributed by atoms with Crippen molar-refractivity contribution in [3.63, 3.8) is 0 Å². The number of carboxylic acid groups (broad SMARTS) is 1. The van der Waals surface area contributed by atoms with Crippen molar-refractivity contribution in [2.45, 2.75) is 94.8 Å². The molecule has 0 spiro atoms. The lowest BCUT2D eigenvalue weighted by molar-refractivity contribution is -0.132. The van der Waals surface area contributed by atoms with Crippen LogP contribution in [0.25, 0.3) is 0 Å². The molecule has 3 aromatic rings. The molecule has 1 saturated heterocycles. The van der Waals surface area contributed by atoms with Crippen molar-refractivity contribution < 1.29 is 14.7 Å². The van der Waals surface area contributed by atoms with E-state index in [4.69, 9.17) is 5.11 Å². The lowest BCUT2D eigenvalue weighted by Crippen LogP contribution is -2.34. The second-order valence-electron chi connectivity index (χ2n) is 11.8. The molecule has 43 heavy (non-hydrogen) atoms. The first-order chi connectivity index (χ1) is 21.0. The highest BCUT2D eigenvalue weighted by molar-refractivity contribution is 8.00. The van der Waals surface area contributed by atoms with Crippen LogP contribution >= 0.6 is 11.8 Å². The maximum atomic E-state index is 13.8. The van der Waals surface area contributed by atoms with Gasteiger partial charge in [0.05, 0.1) is 10.9 Å². The van der Waals surface area contributed by atoms with Gasteiger partial charge in [0.2, 0.25) is 5.91 Å². The minimum absolute atomic E-state index is 0.235. The number of carbonyl (C=O) groups is 2. The Morgan fingerprint density at radius 3 is 2.02 bits per heavy atom. The number of carbonyl (C=O) groups excluding carboxylic acids is 1. The van der Waals surface area contributed by atoms with Gasteiger partial charge in [-0.15, -0.1) is 11.8 Å². The van der Waals surface area contributed by atoms with E-state index in [1.807, 2.05) is 65.2 Å². The van der Waals surface area contributed by atoms with Gasteiger partial charge in [0.1, 0.15) is 0 Å². The number of benzene rings is 3. The van der Waals surface area contributed by atoms with Gasteiger partial charge in [-0.05, 0) is 61.1 Å². The summed E-state index contributed by atoms with van der Waals surface area (Å²) < 4.78 is 0. The number of unbranched alkanes of at least 4 members (excludes halogenated alkanes) is 5. The number of nitrogens with zero attached hydrogens (tertiary/aromatic N) is 2. The van der Waals surface area contributed by atoms with Gasteiger partial charge in [-0.25, -0.2) is 4.79 Å². The molecule has 0 bridgehead atoms. The van der Waals surface area contributed by atoms with E-state index in [0.717, 1.165) is 43.5 Å². The van der Waals surface area contributed by atoms with Crippen LogP contribution in [0.4, 0.5) is 0 Å². The fraction of sp³-hybridized carbons (Fsp3) is 0.459. The molecule has 1 N–H and O–H groups in total. The maximum Gasteiger partial charge on any atom is 0.335 e. The van der Waals surface area contributed by atoms with E-state index in [2.05, 4.69) is 36.1 Å². The quantitative estimate of drug-likeness (QED) is 0.149. The average molecular weight is 601 g/mol. The van der Waals surface area contributed by atoms with E-state index in [-0.39, 0.29) is 5.91 Å². The summed E-state index contributed by atoms with van der Waals surface area (Å²) in [4.78, 5) is 29.6. The van der Waals surface area contributed by atoms with Crippen LogP contribution in [0.5, 0.6) is 0 Å². The van der Waals surface area contributed by atoms with E-state index >= 15 is 0 Å². The Kier molecular flexibility index (Phi) is 13.7. The Bertz CT molecular complexity index is 1190. The molecule has 0 radical (unpaired) electrons. The highest BCUT2D eigenvalue weighted by Gasteiger charge is 2.34. The summed E-state index contributed by atoms with van der Waals surface area (Å²) in [7, 11) is 0. The van der Waals surface area contributed by atoms with Gasteiger partial charge < -0.3 is 10.0 Å². The molecule has 5 nitrogen and oxygen atoms in total. The zero-order chi connectivity index (χ0) is 30.3. The van der Waals surface area contributed by atoms with E-state index in [0.29, 0.717) is 35.7 Å². The summed E-state index contributed by atoms with van der Waals surface area (Å²) in [5.74, 6) is -0.645. The van der Waals surface area contributed by atoms with E-state index in [1.165, 1.54) is 44.1 Å². The first-order valence-corrected chi connectivity index (χ1v) is 17.0. The molecule has 0 saturated carbocycles. The summed E-state index contributed by atoms with van der Waals surface area (Å²) in [6.07, 6.45) is 11.3. The van der Waals surface area contributed by atoms with Crippen molar-refractivity contribution in [1.82, 2.24) is 9.80 Å². The fourth-order valence-corrected chi connectivity index (χ4v) is 7.50. The first kappa shape index (κ1) is 32.8. The molecular formula is C37H48N2O3S. The lowest BCUT2D eigenvalue weighted by atomic mass is 10.1. The molecule has 230 valence electrons. The van der Waals surface area contributed by atoms with Gasteiger partial charge in [-0.2, -0.15) is 0 Å². The number of amides is 1. The van der Waals surface area contributed by atoms with E-state index in [1.54, 1.807) is 12.1 Å². The molecule has 1 aliphatic rings. The van der Waals surface area contributed by atoms with Crippen LogP contribution in [-0.2, 0) is 24.3 Å². The molecule has 6 heteroatoms. The van der Waals surface area contributed by atoms with Gasteiger partial charge in [0.15, 0.2) is 0 Å². The Morgan fingerprint density at radius 2 is 1.42 bits per heavy atom. The van der Waals surface area contributed by atoms with Crippen molar-refractivity contribution in [1.29, 1.82) is 0 Å². The Labute approximate surface area is 262 Å². The van der Waals surface area contributed by atoms with Crippen LogP contribution < -0.4 is 0 Å². The fourth-order valence-electron chi connectivity index (χ4n) is 5.87. The van der Waals surface area contributed by atoms with Crippen LogP contribution in [0, 0.1) is 0 Å². The van der Waals surface area contributed by atoms with E-state index in [9.17, 15) is 9.59 Å². The summed E-state index contributed by atoms with van der Waals surface area (Å²) in [6.45, 7) is 5.53. The number of hydrogen-bond acceptors (Lipinski definition) is 4. The monoisotopic (exact) mass is 600 g/mol. The van der Waals surface area contributed by atoms with Crippen molar-refractivity contribution in [3.05, 3.63) is 107 Å². The van der Waals surface area contributed by atoms with E-state index < -0.39 is 5.97 Å². The molecule has 1 heterocycles. The molecule has 0 aliphatic carbocycles. The molecule has 2 atom stereocenters. The van der Waals surface area contributed by atoms with Crippen molar-refractivity contribution in [2.24, 2.45) is 0 Å². The maximum absolute atomic E-state index is 13.8. The van der Waals surface area contributed by atoms with Gasteiger partial charge in [0.25, 0.3) is 0 Å². The number of hydrogen-bond donors (Lipinski definition) is 1. The Balaban J connectivity index is 1.33. The number of thioether (sulfide) groups is 1. The molecule has 3 aromatic carbocycles. The van der Waals surface area contributed by atoms with Crippen LogP contribution in [0.1, 0.15) is 91.8 Å². The second-order valence-corrected chi connectivity index (χ2v) is 13.3. The molecule has 4 rings (SSSR count). The topological polar surface area (TPSA) is 60.9 Å². The lowest BCUT2D eigenvalue weighted by Gasteiger charge is -2.24. The average Bonchev–Trinajstić information content (AvgIpc) is 3.40. The normalized spacial score (nSPS) is 16.8. The smallest absolute Gasteiger partial charge is 0.335 e. The third kappa shape index (κ3) is 11.2. The van der Waals surface area contributed by atoms with Crippen molar-refractivity contribution >= 4 is 23.6 Å². The standard InChI is InChI=1S/C37H48N2O3S/c1-2-3-4-5-12-20-36-38(25-14-13-15-30-21-23-33(24-22-30)37(41)42)29-34(43-36)26-35(40)39(27-31-16-8-6-9-17-31)28-32-18-10-7-11-19-32/h6-11,16-19,21-24,34,36H,2-5,12-15,20,25-29H2,1H3,(H,41,42)/t34-,36-/m0/s1. The Hall–Kier alpha value is -3.09.